The summed E-state index contributed by atoms with van der Waals surface area (Å²) in [6, 6.07) is 0. The van der Waals surface area contributed by atoms with Crippen molar-refractivity contribution in [2.45, 2.75) is 13.8 Å². The molecule has 18 heavy (non-hydrogen) atoms. The Bertz CT molecular complexity index is 438. The first-order valence-electron chi connectivity index (χ1n) is 5.42. The van der Waals surface area contributed by atoms with E-state index in [2.05, 4.69) is 9.73 Å². The van der Waals surface area contributed by atoms with Crippen LogP contribution in [-0.2, 0) is 19.1 Å². The molecule has 1 heterocycles. The van der Waals surface area contributed by atoms with Gasteiger partial charge in [0.15, 0.2) is 0 Å². The van der Waals surface area contributed by atoms with Gasteiger partial charge in [-0.1, -0.05) is 0 Å². The fraction of sp³-hybridized carbons (Fsp3) is 0.455. The second kappa shape index (κ2) is 6.47. The number of carbonyl (C=O) groups is 3. The maximum atomic E-state index is 11.7. The number of hydrogen-bond acceptors (Lipinski definition) is 5. The number of amidine groups is 1. The molecule has 0 aromatic heterocycles. The van der Waals surface area contributed by atoms with Crippen molar-refractivity contribution in [3.63, 3.8) is 0 Å². The van der Waals surface area contributed by atoms with Gasteiger partial charge in [-0.2, -0.15) is 0 Å². The average molecular weight is 317 g/mol. The van der Waals surface area contributed by atoms with Gasteiger partial charge in [-0.25, -0.2) is 0 Å². The Kier molecular flexibility index (Phi) is 5.24. The molecule has 7 heteroatoms. The van der Waals surface area contributed by atoms with Crippen LogP contribution in [0, 0.1) is 0 Å². The van der Waals surface area contributed by atoms with Gasteiger partial charge in [0.25, 0.3) is 0 Å². The Morgan fingerprint density at radius 3 is 2.50 bits per heavy atom. The molecule has 0 saturated carbocycles. The van der Waals surface area contributed by atoms with Gasteiger partial charge in [0.2, 0.25) is 0 Å². The molecule has 0 bridgehead atoms. The predicted octanol–water partition coefficient (Wildman–Crippen LogP) is -0.445. The van der Waals surface area contributed by atoms with Crippen LogP contribution in [0.25, 0.3) is 0 Å². The van der Waals surface area contributed by atoms with Crippen molar-refractivity contribution < 1.29 is 19.1 Å². The summed E-state index contributed by atoms with van der Waals surface area (Å²) in [6.07, 6.45) is 0.363. The van der Waals surface area contributed by atoms with Gasteiger partial charge < -0.3 is 0 Å². The normalized spacial score (nSPS) is 17.3. The first kappa shape index (κ1) is 14.6. The summed E-state index contributed by atoms with van der Waals surface area (Å²) in [5.74, 6) is -1.30. The van der Waals surface area contributed by atoms with E-state index in [0.717, 1.165) is 13.1 Å². The number of amides is 1. The maximum absolute atomic E-state index is 11.7. The molecule has 0 unspecified atom stereocenters. The van der Waals surface area contributed by atoms with Gasteiger partial charge in [0.1, 0.15) is 0 Å². The van der Waals surface area contributed by atoms with E-state index in [9.17, 15) is 14.4 Å². The summed E-state index contributed by atoms with van der Waals surface area (Å²) in [6.45, 7) is 5.36. The number of carbonyl (C=O) groups excluding carboxylic acids is 3. The van der Waals surface area contributed by atoms with E-state index in [1.54, 1.807) is 0 Å². The molecule has 98 valence electrons. The van der Waals surface area contributed by atoms with Crippen molar-refractivity contribution in [3.8, 4) is 0 Å². The summed E-state index contributed by atoms with van der Waals surface area (Å²) in [4.78, 5) is 39.8. The fourth-order valence-corrected chi connectivity index (χ4v) is 3.65. The third-order valence-electron chi connectivity index (χ3n) is 2.39. The summed E-state index contributed by atoms with van der Waals surface area (Å²) >= 11 is -0.423. The number of nitrogens with zero attached hydrogens (tertiary/aromatic N) is 2. The topological polar surface area (TPSA) is 76.0 Å². The molecule has 0 radical (unpaired) electrons. The molecule has 1 amide bonds. The Hall–Kier alpha value is -1.46. The molecule has 0 atom stereocenters. The Morgan fingerprint density at radius 1 is 1.44 bits per heavy atom. The van der Waals surface area contributed by atoms with E-state index in [4.69, 9.17) is 0 Å². The van der Waals surface area contributed by atoms with Gasteiger partial charge in [-0.05, 0) is 0 Å². The van der Waals surface area contributed by atoms with Crippen molar-refractivity contribution >= 4 is 37.9 Å². The van der Waals surface area contributed by atoms with Crippen molar-refractivity contribution in [2.75, 3.05) is 20.2 Å². The van der Waals surface area contributed by atoms with Crippen LogP contribution >= 0.6 is 0 Å². The van der Waals surface area contributed by atoms with E-state index in [1.807, 2.05) is 18.7 Å². The zero-order valence-corrected chi connectivity index (χ0v) is 12.1. The molecule has 0 N–H and O–H groups in total. The Morgan fingerprint density at radius 2 is 2.06 bits per heavy atom. The summed E-state index contributed by atoms with van der Waals surface area (Å²) in [5, 5.41) is 0. The van der Waals surface area contributed by atoms with Crippen LogP contribution in [0.4, 0.5) is 0 Å². The van der Waals surface area contributed by atoms with E-state index >= 15 is 0 Å². The molecule has 1 rings (SSSR count). The number of methoxy groups -OCH3 is 1. The molecule has 0 aromatic carbocycles. The SMILES string of the molecule is CCN(CC)C1=NC(=O)/C(=C(/C=O)C(=O)OC)[Se]1. The number of aldehydes is 1. The van der Waals surface area contributed by atoms with Crippen molar-refractivity contribution in [1.29, 1.82) is 0 Å². The van der Waals surface area contributed by atoms with Crippen LogP contribution < -0.4 is 0 Å². The molecule has 0 aliphatic carbocycles. The van der Waals surface area contributed by atoms with Gasteiger partial charge in [-0.15, -0.1) is 0 Å². The zero-order valence-electron chi connectivity index (χ0n) is 10.4. The van der Waals surface area contributed by atoms with Crippen LogP contribution in [0.3, 0.4) is 0 Å². The third kappa shape index (κ3) is 2.86. The first-order chi connectivity index (χ1) is 8.58. The van der Waals surface area contributed by atoms with Crippen LogP contribution in [-0.4, -0.2) is 63.0 Å². The predicted molar refractivity (Wildman–Crippen MR) is 66.2 cm³/mol. The van der Waals surface area contributed by atoms with Crippen LogP contribution in [0.5, 0.6) is 0 Å². The first-order valence-corrected chi connectivity index (χ1v) is 7.13. The van der Waals surface area contributed by atoms with Crippen molar-refractivity contribution in [1.82, 2.24) is 4.90 Å². The average Bonchev–Trinajstić information content (AvgIpc) is 2.74. The molecule has 0 spiro atoms. The van der Waals surface area contributed by atoms with Gasteiger partial charge >= 0.3 is 111 Å². The minimum atomic E-state index is -0.786. The second-order valence-electron chi connectivity index (χ2n) is 3.33. The Balaban J connectivity index is 3.05. The standard InChI is InChI=1S/C11H14N2O4Se/c1-4-13(5-2)11-12-9(15)8(18-11)7(6-14)10(16)17-3/h6H,4-5H2,1-3H3/b8-7+. The van der Waals surface area contributed by atoms with E-state index < -0.39 is 26.8 Å². The number of rotatable bonds is 4. The quantitative estimate of drug-likeness (QED) is 0.175. The van der Waals surface area contributed by atoms with Gasteiger partial charge in [0.05, 0.1) is 0 Å². The molecular weight excluding hydrogens is 303 g/mol. The molecule has 1 aliphatic heterocycles. The molecular formula is C11H14N2O4Se. The summed E-state index contributed by atoms with van der Waals surface area (Å²) in [5.41, 5.74) is -0.214. The van der Waals surface area contributed by atoms with Crippen molar-refractivity contribution in [3.05, 3.63) is 10.0 Å². The van der Waals surface area contributed by atoms with Crippen molar-refractivity contribution in [2.24, 2.45) is 4.99 Å². The number of aliphatic imine (C=N–C) groups is 1. The van der Waals surface area contributed by atoms with Gasteiger partial charge in [-0.3, -0.25) is 0 Å². The number of esters is 1. The van der Waals surface area contributed by atoms with E-state index in [-0.39, 0.29) is 10.0 Å². The van der Waals surface area contributed by atoms with Crippen LogP contribution in [0.15, 0.2) is 15.0 Å². The Labute approximate surface area is 111 Å². The number of ether oxygens (including phenoxy) is 1. The van der Waals surface area contributed by atoms with Crippen LogP contribution in [0.2, 0.25) is 0 Å². The molecule has 1 aliphatic rings. The molecule has 6 nitrogen and oxygen atoms in total. The fourth-order valence-electron chi connectivity index (χ4n) is 1.40. The van der Waals surface area contributed by atoms with Crippen LogP contribution in [0.1, 0.15) is 13.8 Å². The second-order valence-corrected chi connectivity index (χ2v) is 5.38. The molecule has 0 aromatic rings. The molecule has 0 fully saturated rings. The summed E-state index contributed by atoms with van der Waals surface area (Å²) in [7, 11) is 1.17. The summed E-state index contributed by atoms with van der Waals surface area (Å²) < 4.78 is 5.30. The zero-order chi connectivity index (χ0) is 13.7. The molecule has 0 saturated heterocycles. The van der Waals surface area contributed by atoms with E-state index in [0.29, 0.717) is 11.0 Å². The van der Waals surface area contributed by atoms with E-state index in [1.165, 1.54) is 7.11 Å². The minimum absolute atomic E-state index is 0.172. The monoisotopic (exact) mass is 318 g/mol. The number of hydrogen-bond donors (Lipinski definition) is 0. The van der Waals surface area contributed by atoms with Gasteiger partial charge in [0, 0.05) is 0 Å². The third-order valence-corrected chi connectivity index (χ3v) is 4.76.